The highest BCUT2D eigenvalue weighted by atomic mass is 127. The number of aryl methyl sites for hydroxylation is 1. The summed E-state index contributed by atoms with van der Waals surface area (Å²) in [5.74, 6) is 0. The maximum atomic E-state index is 6.17. The summed E-state index contributed by atoms with van der Waals surface area (Å²) >= 11 is 13.7. The Kier molecular flexibility index (Phi) is 5.11. The molecule has 1 atom stereocenters. The molecule has 1 N–H and O–H groups in total. The van der Waals surface area contributed by atoms with Gasteiger partial charge >= 0.3 is 0 Å². The van der Waals surface area contributed by atoms with Crippen LogP contribution in [0.2, 0.25) is 4.34 Å². The van der Waals surface area contributed by atoms with Crippen LogP contribution in [0.4, 0.5) is 0 Å². The summed E-state index contributed by atoms with van der Waals surface area (Å²) in [6, 6.07) is 8.68. The van der Waals surface area contributed by atoms with Gasteiger partial charge in [-0.1, -0.05) is 27.5 Å². The van der Waals surface area contributed by atoms with E-state index in [2.05, 4.69) is 68.1 Å². The molecule has 0 aliphatic carbocycles. The monoisotopic (exact) mass is 455 g/mol. The average Bonchev–Trinajstić information content (AvgIpc) is 2.65. The fourth-order valence-corrected chi connectivity index (χ4v) is 4.19. The molecular formula is C13H12BrClINS. The lowest BCUT2D eigenvalue weighted by molar-refractivity contribution is 0.700. The van der Waals surface area contributed by atoms with Gasteiger partial charge in [-0.15, -0.1) is 11.3 Å². The molecule has 18 heavy (non-hydrogen) atoms. The molecule has 0 bridgehead atoms. The van der Waals surface area contributed by atoms with Crippen molar-refractivity contribution in [3.63, 3.8) is 0 Å². The van der Waals surface area contributed by atoms with Gasteiger partial charge in [-0.05, 0) is 72.0 Å². The molecule has 0 saturated heterocycles. The zero-order valence-corrected chi connectivity index (χ0v) is 15.2. The number of nitrogens with one attached hydrogen (secondary N) is 1. The number of benzene rings is 1. The zero-order chi connectivity index (χ0) is 13.3. The van der Waals surface area contributed by atoms with Gasteiger partial charge in [-0.25, -0.2) is 0 Å². The van der Waals surface area contributed by atoms with Crippen molar-refractivity contribution in [2.75, 3.05) is 7.05 Å². The number of rotatable bonds is 3. The largest absolute Gasteiger partial charge is 0.309 e. The summed E-state index contributed by atoms with van der Waals surface area (Å²) in [4.78, 5) is 1.25. The van der Waals surface area contributed by atoms with Gasteiger partial charge in [0, 0.05) is 12.9 Å². The third kappa shape index (κ3) is 3.10. The van der Waals surface area contributed by atoms with E-state index < -0.39 is 0 Å². The van der Waals surface area contributed by atoms with Gasteiger partial charge in [0.25, 0.3) is 0 Å². The SMILES string of the molecule is CNC(c1cc(C)c(Cl)s1)c1cc(Br)ccc1I. The number of hydrogen-bond acceptors (Lipinski definition) is 2. The molecule has 0 amide bonds. The molecule has 0 fully saturated rings. The summed E-state index contributed by atoms with van der Waals surface area (Å²) in [5, 5.41) is 3.37. The fourth-order valence-electron chi connectivity index (χ4n) is 1.81. The van der Waals surface area contributed by atoms with E-state index in [1.54, 1.807) is 11.3 Å². The molecule has 1 heterocycles. The molecule has 0 aliphatic heterocycles. The van der Waals surface area contributed by atoms with Gasteiger partial charge in [0.1, 0.15) is 0 Å². The van der Waals surface area contributed by atoms with Crippen LogP contribution >= 0.6 is 61.5 Å². The van der Waals surface area contributed by atoms with E-state index >= 15 is 0 Å². The first-order valence-electron chi connectivity index (χ1n) is 5.41. The Morgan fingerprint density at radius 1 is 1.39 bits per heavy atom. The molecule has 5 heteroatoms. The van der Waals surface area contributed by atoms with Crippen LogP contribution in [0.1, 0.15) is 22.0 Å². The molecule has 1 nitrogen and oxygen atoms in total. The Bertz CT molecular complexity index is 551. The van der Waals surface area contributed by atoms with E-state index in [0.717, 1.165) is 14.4 Å². The van der Waals surface area contributed by atoms with Crippen molar-refractivity contribution in [3.8, 4) is 0 Å². The van der Waals surface area contributed by atoms with Crippen LogP contribution in [-0.4, -0.2) is 7.05 Å². The Balaban J connectivity index is 2.48. The third-order valence-corrected chi connectivity index (χ3v) is 5.81. The van der Waals surface area contributed by atoms with Crippen molar-refractivity contribution in [2.24, 2.45) is 0 Å². The Morgan fingerprint density at radius 3 is 2.67 bits per heavy atom. The predicted molar refractivity (Wildman–Crippen MR) is 91.8 cm³/mol. The van der Waals surface area contributed by atoms with Crippen molar-refractivity contribution >= 4 is 61.5 Å². The van der Waals surface area contributed by atoms with E-state index in [-0.39, 0.29) is 6.04 Å². The summed E-state index contributed by atoms with van der Waals surface area (Å²) in [7, 11) is 1.98. The number of halogens is 3. The second-order valence-electron chi connectivity index (χ2n) is 3.99. The molecule has 1 unspecified atom stereocenters. The highest BCUT2D eigenvalue weighted by molar-refractivity contribution is 14.1. The first-order valence-corrected chi connectivity index (χ1v) is 8.47. The standard InChI is InChI=1S/C13H12BrClINS/c1-7-5-11(18-13(7)15)12(17-2)9-6-8(14)3-4-10(9)16/h3-6,12,17H,1-2H3. The minimum atomic E-state index is 0.186. The molecule has 1 aromatic heterocycles. The van der Waals surface area contributed by atoms with Crippen molar-refractivity contribution in [2.45, 2.75) is 13.0 Å². The van der Waals surface area contributed by atoms with Crippen LogP contribution < -0.4 is 5.32 Å². The van der Waals surface area contributed by atoms with E-state index in [9.17, 15) is 0 Å². The van der Waals surface area contributed by atoms with Gasteiger partial charge in [-0.2, -0.15) is 0 Å². The zero-order valence-electron chi connectivity index (χ0n) is 9.93. The molecule has 0 aliphatic rings. The lowest BCUT2D eigenvalue weighted by atomic mass is 10.1. The molecule has 2 rings (SSSR count). The molecule has 0 saturated carbocycles. The Hall–Kier alpha value is 0.380. The van der Waals surface area contributed by atoms with Gasteiger partial charge < -0.3 is 5.32 Å². The van der Waals surface area contributed by atoms with E-state index in [0.29, 0.717) is 0 Å². The highest BCUT2D eigenvalue weighted by Gasteiger charge is 2.18. The Morgan fingerprint density at radius 2 is 2.11 bits per heavy atom. The van der Waals surface area contributed by atoms with E-state index in [1.165, 1.54) is 14.0 Å². The minimum Gasteiger partial charge on any atom is -0.309 e. The minimum absolute atomic E-state index is 0.186. The molecule has 96 valence electrons. The topological polar surface area (TPSA) is 12.0 Å². The molecule has 0 spiro atoms. The first kappa shape index (κ1) is 14.8. The highest BCUT2D eigenvalue weighted by Crippen LogP contribution is 2.36. The van der Waals surface area contributed by atoms with Crippen LogP contribution in [0.25, 0.3) is 0 Å². The van der Waals surface area contributed by atoms with E-state index in [4.69, 9.17) is 11.6 Å². The second kappa shape index (κ2) is 6.22. The first-order chi connectivity index (χ1) is 8.52. The summed E-state index contributed by atoms with van der Waals surface area (Å²) < 4.78 is 3.21. The molecule has 1 aromatic carbocycles. The van der Waals surface area contributed by atoms with Crippen LogP contribution in [-0.2, 0) is 0 Å². The quantitative estimate of drug-likeness (QED) is 0.611. The normalized spacial score (nSPS) is 12.7. The van der Waals surface area contributed by atoms with Crippen LogP contribution in [0.3, 0.4) is 0 Å². The molecule has 2 aromatic rings. The van der Waals surface area contributed by atoms with E-state index in [1.807, 2.05) is 14.0 Å². The maximum Gasteiger partial charge on any atom is 0.0961 e. The fraction of sp³-hybridized carbons (Fsp3) is 0.231. The van der Waals surface area contributed by atoms with Gasteiger partial charge in [-0.3, -0.25) is 0 Å². The van der Waals surface area contributed by atoms with Gasteiger partial charge in [0.2, 0.25) is 0 Å². The summed E-state index contributed by atoms with van der Waals surface area (Å²) in [5.41, 5.74) is 2.41. The summed E-state index contributed by atoms with van der Waals surface area (Å²) in [6.07, 6.45) is 0. The molecular weight excluding hydrogens is 444 g/mol. The van der Waals surface area contributed by atoms with Crippen molar-refractivity contribution in [3.05, 3.63) is 52.6 Å². The van der Waals surface area contributed by atoms with Gasteiger partial charge in [0.15, 0.2) is 0 Å². The predicted octanol–water partition coefficient (Wildman–Crippen LogP) is 5.39. The second-order valence-corrected chi connectivity index (χ2v) is 7.76. The van der Waals surface area contributed by atoms with Gasteiger partial charge in [0.05, 0.1) is 10.4 Å². The van der Waals surface area contributed by atoms with Crippen LogP contribution in [0.5, 0.6) is 0 Å². The smallest absolute Gasteiger partial charge is 0.0961 e. The average molecular weight is 457 g/mol. The van der Waals surface area contributed by atoms with Crippen molar-refractivity contribution < 1.29 is 0 Å². The molecule has 0 radical (unpaired) electrons. The number of hydrogen-bond donors (Lipinski definition) is 1. The van der Waals surface area contributed by atoms with Crippen molar-refractivity contribution in [1.82, 2.24) is 5.32 Å². The Labute approximate surface area is 138 Å². The lowest BCUT2D eigenvalue weighted by Gasteiger charge is -2.17. The summed E-state index contributed by atoms with van der Waals surface area (Å²) in [6.45, 7) is 2.04. The lowest BCUT2D eigenvalue weighted by Crippen LogP contribution is -2.17. The third-order valence-electron chi connectivity index (χ3n) is 2.72. The van der Waals surface area contributed by atoms with Crippen LogP contribution in [0.15, 0.2) is 28.7 Å². The number of thiophene rings is 1. The maximum absolute atomic E-state index is 6.17. The van der Waals surface area contributed by atoms with Crippen molar-refractivity contribution in [1.29, 1.82) is 0 Å². The van der Waals surface area contributed by atoms with Crippen LogP contribution in [0, 0.1) is 10.5 Å².